The fraction of sp³-hybridized carbons (Fsp3) is 0.286. The van der Waals surface area contributed by atoms with E-state index in [2.05, 4.69) is 20.6 Å². The van der Waals surface area contributed by atoms with Crippen LogP contribution in [0.3, 0.4) is 0 Å². The fourth-order valence-corrected chi connectivity index (χ4v) is 3.62. The molecule has 0 spiro atoms. The van der Waals surface area contributed by atoms with E-state index in [0.29, 0.717) is 24.5 Å². The molecule has 0 aliphatic carbocycles. The van der Waals surface area contributed by atoms with E-state index in [9.17, 15) is 18.0 Å². The molecule has 2 N–H and O–H groups in total. The summed E-state index contributed by atoms with van der Waals surface area (Å²) in [6.45, 7) is 0.600. The number of carbonyl (C=O) groups excluding carboxylic acids is 1. The number of aromatic nitrogens is 2. The molecule has 30 heavy (non-hydrogen) atoms. The molecule has 4 rings (SSSR count). The lowest BCUT2D eigenvalue weighted by Crippen LogP contribution is -2.52. The zero-order valence-electron chi connectivity index (χ0n) is 16.0. The maximum absolute atomic E-state index is 12.8. The number of amides is 2. The molecule has 1 atom stereocenters. The van der Waals surface area contributed by atoms with Crippen molar-refractivity contribution >= 4 is 28.3 Å². The highest BCUT2D eigenvalue weighted by atomic mass is 19.4. The van der Waals surface area contributed by atoms with Crippen molar-refractivity contribution in [2.45, 2.75) is 31.6 Å². The van der Waals surface area contributed by atoms with Crippen LogP contribution in [0.4, 0.5) is 29.5 Å². The van der Waals surface area contributed by atoms with Crippen LogP contribution in [0.1, 0.15) is 24.8 Å². The van der Waals surface area contributed by atoms with Gasteiger partial charge >= 0.3 is 12.2 Å². The van der Waals surface area contributed by atoms with Crippen molar-refractivity contribution in [1.82, 2.24) is 15.3 Å². The van der Waals surface area contributed by atoms with Gasteiger partial charge in [-0.3, -0.25) is 4.98 Å². The normalized spacial score (nSPS) is 17.0. The van der Waals surface area contributed by atoms with Gasteiger partial charge in [-0.15, -0.1) is 0 Å². The average Bonchev–Trinajstić information content (AvgIpc) is 2.74. The van der Waals surface area contributed by atoms with Crippen LogP contribution in [0.5, 0.6) is 0 Å². The van der Waals surface area contributed by atoms with Gasteiger partial charge in [0.1, 0.15) is 12.0 Å². The summed E-state index contributed by atoms with van der Waals surface area (Å²) in [5, 5.41) is 7.56. The number of hydrogen-bond donors (Lipinski definition) is 2. The van der Waals surface area contributed by atoms with Gasteiger partial charge < -0.3 is 15.5 Å². The maximum Gasteiger partial charge on any atom is 0.417 e. The molecular weight excluding hydrogens is 395 g/mol. The van der Waals surface area contributed by atoms with Gasteiger partial charge in [-0.2, -0.15) is 13.2 Å². The quantitative estimate of drug-likeness (QED) is 0.646. The Morgan fingerprint density at radius 1 is 1.10 bits per heavy atom. The molecule has 2 amide bonds. The summed E-state index contributed by atoms with van der Waals surface area (Å²) in [6, 6.07) is 9.34. The first-order valence-electron chi connectivity index (χ1n) is 9.62. The number of alkyl halides is 3. The summed E-state index contributed by atoms with van der Waals surface area (Å²) in [5.41, 5.74) is -0.140. The third kappa shape index (κ3) is 4.29. The summed E-state index contributed by atoms with van der Waals surface area (Å²) in [7, 11) is 0. The average molecular weight is 415 g/mol. The van der Waals surface area contributed by atoms with E-state index in [1.165, 1.54) is 6.07 Å². The monoisotopic (exact) mass is 415 g/mol. The second-order valence-corrected chi connectivity index (χ2v) is 7.11. The molecule has 6 nitrogen and oxygen atoms in total. The highest BCUT2D eigenvalue weighted by Gasteiger charge is 2.32. The second kappa shape index (κ2) is 8.17. The molecule has 156 valence electrons. The predicted molar refractivity (Wildman–Crippen MR) is 108 cm³/mol. The summed E-state index contributed by atoms with van der Waals surface area (Å²) in [4.78, 5) is 22.5. The molecular formula is C21H20F3N5O. The fourth-order valence-electron chi connectivity index (χ4n) is 3.62. The molecule has 0 radical (unpaired) electrons. The van der Waals surface area contributed by atoms with Crippen molar-refractivity contribution in [2.75, 3.05) is 16.8 Å². The molecule has 9 heteroatoms. The van der Waals surface area contributed by atoms with E-state index in [-0.39, 0.29) is 12.2 Å². The number of halogens is 3. The minimum atomic E-state index is -4.43. The molecule has 2 aromatic heterocycles. The van der Waals surface area contributed by atoms with Crippen LogP contribution in [0.2, 0.25) is 0 Å². The maximum atomic E-state index is 12.8. The molecule has 3 heterocycles. The number of rotatable bonds is 3. The number of anilines is 2. The first-order chi connectivity index (χ1) is 14.4. The van der Waals surface area contributed by atoms with Crippen LogP contribution in [-0.4, -0.2) is 28.7 Å². The first kappa shape index (κ1) is 19.9. The Bertz CT molecular complexity index is 1030. The molecule has 1 aliphatic heterocycles. The molecule has 1 saturated heterocycles. The Kier molecular flexibility index (Phi) is 5.43. The van der Waals surface area contributed by atoms with Crippen molar-refractivity contribution in [3.05, 3.63) is 60.6 Å². The van der Waals surface area contributed by atoms with Gasteiger partial charge in [0.15, 0.2) is 0 Å². The summed E-state index contributed by atoms with van der Waals surface area (Å²) >= 11 is 0. The van der Waals surface area contributed by atoms with Gasteiger partial charge in [0.2, 0.25) is 0 Å². The van der Waals surface area contributed by atoms with Crippen LogP contribution >= 0.6 is 0 Å². The number of benzene rings is 1. The predicted octanol–water partition coefficient (Wildman–Crippen LogP) is 4.79. The number of hydrogen-bond acceptors (Lipinski definition) is 4. The molecule has 3 aromatic rings. The summed E-state index contributed by atoms with van der Waals surface area (Å²) in [5.74, 6) is 0.407. The van der Waals surface area contributed by atoms with Crippen molar-refractivity contribution in [3.8, 4) is 0 Å². The van der Waals surface area contributed by atoms with E-state index in [1.807, 2.05) is 23.1 Å². The third-order valence-electron chi connectivity index (χ3n) is 5.10. The molecule has 1 aliphatic rings. The summed E-state index contributed by atoms with van der Waals surface area (Å²) < 4.78 is 38.4. The van der Waals surface area contributed by atoms with Gasteiger partial charge in [-0.1, -0.05) is 12.1 Å². The van der Waals surface area contributed by atoms with E-state index in [4.69, 9.17) is 0 Å². The molecule has 0 bridgehead atoms. The number of fused-ring (bicyclic) bond motifs is 1. The second-order valence-electron chi connectivity index (χ2n) is 7.11. The topological polar surface area (TPSA) is 70.2 Å². The Morgan fingerprint density at radius 2 is 1.97 bits per heavy atom. The minimum Gasteiger partial charge on any atom is -0.336 e. The van der Waals surface area contributed by atoms with Gasteiger partial charge in [0.05, 0.1) is 11.3 Å². The molecule has 1 aromatic carbocycles. The number of nitrogens with one attached hydrogen (secondary N) is 2. The van der Waals surface area contributed by atoms with Gasteiger partial charge in [-0.05, 0) is 43.5 Å². The van der Waals surface area contributed by atoms with Gasteiger partial charge in [0, 0.05) is 35.9 Å². The van der Waals surface area contributed by atoms with Crippen LogP contribution in [0, 0.1) is 0 Å². The largest absolute Gasteiger partial charge is 0.417 e. The van der Waals surface area contributed by atoms with E-state index in [0.717, 1.165) is 35.9 Å². The molecule has 0 saturated carbocycles. The first-order valence-corrected chi connectivity index (χ1v) is 9.62. The summed E-state index contributed by atoms with van der Waals surface area (Å²) in [6.07, 6.45) is 1.86. The van der Waals surface area contributed by atoms with Crippen molar-refractivity contribution in [2.24, 2.45) is 0 Å². The number of carbonyl (C=O) groups is 1. The van der Waals surface area contributed by atoms with Crippen LogP contribution < -0.4 is 15.5 Å². The number of piperidine rings is 1. The Balaban J connectivity index is 1.48. The zero-order chi connectivity index (χ0) is 21.1. The number of urea groups is 1. The number of nitrogens with zero attached hydrogens (tertiary/aromatic N) is 3. The zero-order valence-corrected chi connectivity index (χ0v) is 16.0. The Hall–Kier alpha value is -3.36. The smallest absolute Gasteiger partial charge is 0.336 e. The van der Waals surface area contributed by atoms with Gasteiger partial charge in [0.25, 0.3) is 0 Å². The van der Waals surface area contributed by atoms with E-state index >= 15 is 0 Å². The Labute approximate surface area is 171 Å². The highest BCUT2D eigenvalue weighted by Crippen LogP contribution is 2.30. The van der Waals surface area contributed by atoms with E-state index in [1.54, 1.807) is 18.5 Å². The van der Waals surface area contributed by atoms with Crippen molar-refractivity contribution in [3.63, 3.8) is 0 Å². The highest BCUT2D eigenvalue weighted by molar-refractivity contribution is 6.01. The minimum absolute atomic E-state index is 0.361. The lowest BCUT2D eigenvalue weighted by atomic mass is 10.1. The SMILES string of the molecule is O=C(Nc1cccc2cnccc12)NC1CCCCN1c1ccc(C(F)(F)F)cn1. The van der Waals surface area contributed by atoms with Crippen LogP contribution in [0.15, 0.2) is 55.0 Å². The lowest BCUT2D eigenvalue weighted by molar-refractivity contribution is -0.137. The molecule has 1 unspecified atom stereocenters. The lowest BCUT2D eigenvalue weighted by Gasteiger charge is -2.37. The van der Waals surface area contributed by atoms with Crippen LogP contribution in [-0.2, 0) is 6.18 Å². The van der Waals surface area contributed by atoms with Crippen LogP contribution in [0.25, 0.3) is 10.8 Å². The third-order valence-corrected chi connectivity index (χ3v) is 5.10. The number of pyridine rings is 2. The Morgan fingerprint density at radius 3 is 2.73 bits per heavy atom. The van der Waals surface area contributed by atoms with Crippen molar-refractivity contribution < 1.29 is 18.0 Å². The standard InChI is InChI=1S/C21H20F3N5O/c22-21(23,24)15-7-8-18(26-13-15)29-11-2-1-6-19(29)28-20(30)27-17-5-3-4-14-12-25-10-9-16(14)17/h3-5,7-10,12-13,19H,1-2,6,11H2,(H2,27,28,30). The van der Waals surface area contributed by atoms with Gasteiger partial charge in [-0.25, -0.2) is 9.78 Å². The molecule has 1 fully saturated rings. The van der Waals surface area contributed by atoms with Crippen molar-refractivity contribution in [1.29, 1.82) is 0 Å². The van der Waals surface area contributed by atoms with E-state index < -0.39 is 11.7 Å².